The molecular formula is C26H31ClN2O4. The van der Waals surface area contributed by atoms with E-state index in [1.54, 1.807) is 33.0 Å². The van der Waals surface area contributed by atoms with Gasteiger partial charge >= 0.3 is 5.97 Å². The Bertz CT molecular complexity index is 1020. The van der Waals surface area contributed by atoms with E-state index in [0.717, 1.165) is 31.2 Å². The van der Waals surface area contributed by atoms with Crippen LogP contribution in [0.5, 0.6) is 11.6 Å². The van der Waals surface area contributed by atoms with Crippen LogP contribution < -0.4 is 10.1 Å². The van der Waals surface area contributed by atoms with Crippen molar-refractivity contribution in [3.8, 4) is 11.6 Å². The number of aromatic nitrogens is 1. The Labute approximate surface area is 200 Å². The second-order valence-electron chi connectivity index (χ2n) is 9.35. The van der Waals surface area contributed by atoms with E-state index in [0.29, 0.717) is 16.7 Å². The van der Waals surface area contributed by atoms with Gasteiger partial charge in [0.25, 0.3) is 0 Å². The fourth-order valence-electron chi connectivity index (χ4n) is 3.29. The highest BCUT2D eigenvalue weighted by Gasteiger charge is 2.41. The number of aryl methyl sites for hydroxylation is 1. The molecular weight excluding hydrogens is 440 g/mol. The minimum Gasteiger partial charge on any atom is -0.460 e. The Hall–Kier alpha value is -2.86. The monoisotopic (exact) mass is 470 g/mol. The first kappa shape index (κ1) is 24.8. The van der Waals surface area contributed by atoms with Gasteiger partial charge in [-0.3, -0.25) is 9.59 Å². The molecule has 0 saturated heterocycles. The van der Waals surface area contributed by atoms with E-state index in [4.69, 9.17) is 21.1 Å². The molecule has 0 bridgehead atoms. The number of esters is 1. The summed E-state index contributed by atoms with van der Waals surface area (Å²) < 4.78 is 11.0. The molecule has 0 unspecified atom stereocenters. The molecule has 3 rings (SSSR count). The van der Waals surface area contributed by atoms with Crippen LogP contribution in [0, 0.1) is 0 Å². The number of carbonyl (C=O) groups is 2. The molecule has 1 fully saturated rings. The number of ether oxygens (including phenoxy) is 2. The summed E-state index contributed by atoms with van der Waals surface area (Å²) >= 11 is 6.33. The number of nitrogens with one attached hydrogen (secondary N) is 1. The standard InChI is InChI=1S/C26H31ClN2O4/c1-5-6-18-7-9-21(20(27)15-18)32-23-10-8-19(17-28-23)11-12-26(13-14-26)29-22(30)16-24(31)33-25(2,3)4/h7-12,15,17H,5-6,13-14,16H2,1-4H3,(H,29,30)/b12-11+. The first-order chi connectivity index (χ1) is 15.6. The Morgan fingerprint density at radius 3 is 2.55 bits per heavy atom. The Balaban J connectivity index is 1.54. The van der Waals surface area contributed by atoms with Crippen LogP contribution in [-0.2, 0) is 20.7 Å². The largest absolute Gasteiger partial charge is 0.460 e. The third kappa shape index (κ3) is 7.90. The van der Waals surface area contributed by atoms with E-state index in [2.05, 4.69) is 17.2 Å². The van der Waals surface area contributed by atoms with Crippen molar-refractivity contribution < 1.29 is 19.1 Å². The van der Waals surface area contributed by atoms with Crippen LogP contribution in [0.1, 0.15) is 64.5 Å². The third-order valence-corrected chi connectivity index (χ3v) is 5.30. The van der Waals surface area contributed by atoms with Crippen molar-refractivity contribution in [3.63, 3.8) is 0 Å². The van der Waals surface area contributed by atoms with Gasteiger partial charge in [0.2, 0.25) is 11.8 Å². The molecule has 1 aliphatic carbocycles. The van der Waals surface area contributed by atoms with Gasteiger partial charge in [0.05, 0.1) is 10.6 Å². The molecule has 33 heavy (non-hydrogen) atoms. The van der Waals surface area contributed by atoms with Gasteiger partial charge in [0, 0.05) is 12.3 Å². The molecule has 0 spiro atoms. The second-order valence-corrected chi connectivity index (χ2v) is 9.75. The van der Waals surface area contributed by atoms with Crippen LogP contribution in [0.25, 0.3) is 6.08 Å². The average Bonchev–Trinajstić information content (AvgIpc) is 3.47. The number of rotatable bonds is 9. The Kier molecular flexibility index (Phi) is 7.80. The number of hydrogen-bond acceptors (Lipinski definition) is 5. The van der Waals surface area contributed by atoms with Crippen LogP contribution in [0.2, 0.25) is 5.02 Å². The number of amides is 1. The maximum Gasteiger partial charge on any atom is 0.315 e. The Morgan fingerprint density at radius 1 is 1.21 bits per heavy atom. The fraction of sp³-hybridized carbons (Fsp3) is 0.423. The van der Waals surface area contributed by atoms with E-state index in [1.165, 1.54) is 5.56 Å². The molecule has 2 aromatic rings. The number of nitrogens with zero attached hydrogens (tertiary/aromatic N) is 1. The van der Waals surface area contributed by atoms with Crippen molar-refractivity contribution in [2.75, 3.05) is 0 Å². The summed E-state index contributed by atoms with van der Waals surface area (Å²) in [7, 11) is 0. The Morgan fingerprint density at radius 2 is 1.97 bits per heavy atom. The molecule has 1 aliphatic rings. The summed E-state index contributed by atoms with van der Waals surface area (Å²) in [4.78, 5) is 28.4. The van der Waals surface area contributed by atoms with Gasteiger partial charge in [-0.1, -0.05) is 43.2 Å². The molecule has 1 aromatic heterocycles. The number of hydrogen-bond donors (Lipinski definition) is 1. The first-order valence-corrected chi connectivity index (χ1v) is 11.6. The quantitative estimate of drug-likeness (QED) is 0.366. The lowest BCUT2D eigenvalue weighted by Gasteiger charge is -2.20. The zero-order valence-electron chi connectivity index (χ0n) is 19.6. The lowest BCUT2D eigenvalue weighted by Crippen LogP contribution is -2.37. The van der Waals surface area contributed by atoms with Crippen LogP contribution in [-0.4, -0.2) is 28.0 Å². The highest BCUT2D eigenvalue weighted by molar-refractivity contribution is 6.32. The van der Waals surface area contributed by atoms with Crippen molar-refractivity contribution in [2.24, 2.45) is 0 Å². The molecule has 0 aliphatic heterocycles. The van der Waals surface area contributed by atoms with Gasteiger partial charge in [-0.15, -0.1) is 0 Å². The predicted molar refractivity (Wildman–Crippen MR) is 129 cm³/mol. The van der Waals surface area contributed by atoms with E-state index >= 15 is 0 Å². The van der Waals surface area contributed by atoms with Crippen molar-refractivity contribution in [1.29, 1.82) is 0 Å². The average molecular weight is 471 g/mol. The van der Waals surface area contributed by atoms with Crippen LogP contribution in [0.15, 0.2) is 42.6 Å². The molecule has 0 atom stereocenters. The molecule has 1 saturated carbocycles. The van der Waals surface area contributed by atoms with E-state index in [9.17, 15) is 9.59 Å². The lowest BCUT2D eigenvalue weighted by molar-refractivity contribution is -0.156. The van der Waals surface area contributed by atoms with Gasteiger partial charge in [0.1, 0.15) is 17.8 Å². The van der Waals surface area contributed by atoms with Crippen molar-refractivity contribution in [2.45, 2.75) is 70.9 Å². The SMILES string of the molecule is CCCc1ccc(Oc2ccc(/C=C/C3(NC(=O)CC(=O)OC(C)(C)C)CC3)cn2)c(Cl)c1. The minimum atomic E-state index is -0.610. The first-order valence-electron chi connectivity index (χ1n) is 11.2. The molecule has 176 valence electrons. The van der Waals surface area contributed by atoms with Crippen LogP contribution >= 0.6 is 11.6 Å². The van der Waals surface area contributed by atoms with Gasteiger partial charge in [-0.25, -0.2) is 4.98 Å². The molecule has 1 N–H and O–H groups in total. The van der Waals surface area contributed by atoms with Gasteiger partial charge in [-0.2, -0.15) is 0 Å². The molecule has 1 aromatic carbocycles. The summed E-state index contributed by atoms with van der Waals surface area (Å²) in [6, 6.07) is 9.45. The normalized spacial score (nSPS) is 14.7. The summed E-state index contributed by atoms with van der Waals surface area (Å²) in [5, 5.41) is 3.49. The third-order valence-electron chi connectivity index (χ3n) is 5.01. The summed E-state index contributed by atoms with van der Waals surface area (Å²) in [6.07, 6.45) is 8.94. The van der Waals surface area contributed by atoms with Gasteiger partial charge < -0.3 is 14.8 Å². The summed E-state index contributed by atoms with van der Waals surface area (Å²) in [5.41, 5.74) is 1.03. The van der Waals surface area contributed by atoms with Crippen molar-refractivity contribution >= 4 is 29.6 Å². The van der Waals surface area contributed by atoms with E-state index in [-0.39, 0.29) is 12.3 Å². The topological polar surface area (TPSA) is 77.5 Å². The summed E-state index contributed by atoms with van der Waals surface area (Å²) in [5.74, 6) is 0.149. The van der Waals surface area contributed by atoms with Gasteiger partial charge in [-0.05, 0) is 69.4 Å². The van der Waals surface area contributed by atoms with Crippen LogP contribution in [0.4, 0.5) is 0 Å². The zero-order chi connectivity index (χ0) is 24.1. The van der Waals surface area contributed by atoms with E-state index in [1.807, 2.05) is 36.4 Å². The van der Waals surface area contributed by atoms with Gasteiger partial charge in [0.15, 0.2) is 0 Å². The molecule has 1 amide bonds. The molecule has 0 radical (unpaired) electrons. The zero-order valence-corrected chi connectivity index (χ0v) is 20.4. The predicted octanol–water partition coefficient (Wildman–Crippen LogP) is 5.87. The highest BCUT2D eigenvalue weighted by Crippen LogP contribution is 2.37. The fourth-order valence-corrected chi connectivity index (χ4v) is 3.53. The smallest absolute Gasteiger partial charge is 0.315 e. The maximum atomic E-state index is 12.2. The minimum absolute atomic E-state index is 0.289. The maximum absolute atomic E-state index is 12.2. The van der Waals surface area contributed by atoms with Crippen molar-refractivity contribution in [3.05, 3.63) is 58.8 Å². The second kappa shape index (κ2) is 10.4. The lowest BCUT2D eigenvalue weighted by atomic mass is 10.1. The number of pyridine rings is 1. The van der Waals surface area contributed by atoms with E-state index < -0.39 is 17.1 Å². The van der Waals surface area contributed by atoms with Crippen LogP contribution in [0.3, 0.4) is 0 Å². The number of benzene rings is 1. The molecule has 1 heterocycles. The highest BCUT2D eigenvalue weighted by atomic mass is 35.5. The number of carbonyl (C=O) groups excluding carboxylic acids is 2. The molecule has 6 nitrogen and oxygen atoms in total. The summed E-state index contributed by atoms with van der Waals surface area (Å²) in [6.45, 7) is 7.45. The molecule has 7 heteroatoms. The number of halogens is 1. The van der Waals surface area contributed by atoms with Crippen molar-refractivity contribution in [1.82, 2.24) is 10.3 Å².